The summed E-state index contributed by atoms with van der Waals surface area (Å²) in [4.78, 5) is 10.5. The van der Waals surface area contributed by atoms with Gasteiger partial charge >= 0.3 is 0 Å². The maximum atomic E-state index is 5.83. The van der Waals surface area contributed by atoms with Crippen LogP contribution in [0.4, 0.5) is 5.95 Å². The fourth-order valence-electron chi connectivity index (χ4n) is 1.65. The molecule has 2 N–H and O–H groups in total. The average molecular weight is 207 g/mol. The smallest absolute Gasteiger partial charge is 0.229 e. The van der Waals surface area contributed by atoms with Crippen LogP contribution in [0.25, 0.3) is 0 Å². The van der Waals surface area contributed by atoms with Crippen LogP contribution in [0.1, 0.15) is 12.8 Å². The zero-order valence-electron chi connectivity index (χ0n) is 8.81. The van der Waals surface area contributed by atoms with Crippen molar-refractivity contribution in [2.75, 3.05) is 25.1 Å². The minimum Gasteiger partial charge on any atom is -0.481 e. The third-order valence-corrected chi connectivity index (χ3v) is 2.59. The fraction of sp³-hybridized carbons (Fsp3) is 0.600. The molecule has 0 saturated carbocycles. The number of rotatable bonds is 2. The summed E-state index contributed by atoms with van der Waals surface area (Å²) in [6.07, 6.45) is 4.75. The highest BCUT2D eigenvalue weighted by molar-refractivity contribution is 5.32. The SMILES string of the molecule is COc1c[c]nc(N2CCC(N)CC2)n1. The number of anilines is 1. The summed E-state index contributed by atoms with van der Waals surface area (Å²) in [6.45, 7) is 1.81. The normalized spacial score (nSPS) is 17.9. The lowest BCUT2D eigenvalue weighted by Gasteiger charge is -2.29. The number of hydrogen-bond acceptors (Lipinski definition) is 5. The molecule has 0 atom stereocenters. The molecule has 1 aromatic heterocycles. The maximum absolute atomic E-state index is 5.83. The van der Waals surface area contributed by atoms with Crippen LogP contribution in [-0.2, 0) is 0 Å². The van der Waals surface area contributed by atoms with Gasteiger partial charge in [0, 0.05) is 25.2 Å². The van der Waals surface area contributed by atoms with Crippen LogP contribution >= 0.6 is 0 Å². The highest BCUT2D eigenvalue weighted by Crippen LogP contribution is 2.16. The molecule has 1 aliphatic heterocycles. The average Bonchev–Trinajstić information content (AvgIpc) is 2.30. The fourth-order valence-corrected chi connectivity index (χ4v) is 1.65. The zero-order chi connectivity index (χ0) is 10.7. The largest absolute Gasteiger partial charge is 0.481 e. The maximum Gasteiger partial charge on any atom is 0.229 e. The van der Waals surface area contributed by atoms with E-state index in [1.54, 1.807) is 13.2 Å². The molecule has 0 unspecified atom stereocenters. The van der Waals surface area contributed by atoms with Crippen molar-refractivity contribution in [3.8, 4) is 5.88 Å². The second-order valence-corrected chi connectivity index (χ2v) is 3.66. The number of nitrogens with zero attached hydrogens (tertiary/aromatic N) is 3. The Labute approximate surface area is 89.3 Å². The molecule has 1 aromatic rings. The van der Waals surface area contributed by atoms with Crippen molar-refractivity contribution in [3.63, 3.8) is 0 Å². The van der Waals surface area contributed by atoms with Gasteiger partial charge < -0.3 is 15.4 Å². The second-order valence-electron chi connectivity index (χ2n) is 3.66. The van der Waals surface area contributed by atoms with E-state index in [0.717, 1.165) is 25.9 Å². The summed E-state index contributed by atoms with van der Waals surface area (Å²) >= 11 is 0. The molecule has 5 nitrogen and oxygen atoms in total. The summed E-state index contributed by atoms with van der Waals surface area (Å²) in [5.41, 5.74) is 5.83. The molecule has 0 aromatic carbocycles. The van der Waals surface area contributed by atoms with E-state index in [4.69, 9.17) is 10.5 Å². The standard InChI is InChI=1S/C10H15N4O/c1-15-9-2-5-12-10(13-9)14-6-3-8(11)4-7-14/h2,8H,3-4,6-7,11H2,1H3. The number of methoxy groups -OCH3 is 1. The van der Waals surface area contributed by atoms with Gasteiger partial charge in [0.1, 0.15) is 0 Å². The van der Waals surface area contributed by atoms with E-state index in [2.05, 4.69) is 21.1 Å². The molecule has 2 rings (SSSR count). The Balaban J connectivity index is 2.08. The lowest BCUT2D eigenvalue weighted by molar-refractivity contribution is 0.395. The van der Waals surface area contributed by atoms with E-state index in [-0.39, 0.29) is 0 Å². The Morgan fingerprint density at radius 1 is 1.53 bits per heavy atom. The Bertz CT molecular complexity index is 323. The Hall–Kier alpha value is -1.36. The van der Waals surface area contributed by atoms with Crippen molar-refractivity contribution in [2.45, 2.75) is 18.9 Å². The first-order valence-corrected chi connectivity index (χ1v) is 5.09. The molecule has 0 aliphatic carbocycles. The van der Waals surface area contributed by atoms with Gasteiger partial charge in [-0.3, -0.25) is 0 Å². The van der Waals surface area contributed by atoms with Gasteiger partial charge in [-0.25, -0.2) is 4.98 Å². The van der Waals surface area contributed by atoms with Crippen LogP contribution in [0, 0.1) is 6.20 Å². The third-order valence-electron chi connectivity index (χ3n) is 2.59. The Kier molecular flexibility index (Phi) is 3.01. The van der Waals surface area contributed by atoms with Crippen LogP contribution in [0.3, 0.4) is 0 Å². The van der Waals surface area contributed by atoms with Gasteiger partial charge in [0.25, 0.3) is 0 Å². The van der Waals surface area contributed by atoms with Gasteiger partial charge in [-0.05, 0) is 12.8 Å². The number of nitrogens with two attached hydrogens (primary N) is 1. The van der Waals surface area contributed by atoms with Crippen molar-refractivity contribution in [1.29, 1.82) is 0 Å². The van der Waals surface area contributed by atoms with Gasteiger partial charge in [-0.15, -0.1) is 0 Å². The first-order valence-electron chi connectivity index (χ1n) is 5.09. The molecular formula is C10H15N4O. The minimum absolute atomic E-state index is 0.316. The summed E-state index contributed by atoms with van der Waals surface area (Å²) in [5.74, 6) is 1.23. The summed E-state index contributed by atoms with van der Waals surface area (Å²) in [7, 11) is 1.59. The topological polar surface area (TPSA) is 64.3 Å². The summed E-state index contributed by atoms with van der Waals surface area (Å²) in [6, 6.07) is 1.94. The van der Waals surface area contributed by atoms with Crippen LogP contribution in [0.5, 0.6) is 5.88 Å². The molecular weight excluding hydrogens is 192 g/mol. The molecule has 1 radical (unpaired) electrons. The number of ether oxygens (including phenoxy) is 1. The predicted octanol–water partition coefficient (Wildman–Crippen LogP) is 0.213. The first kappa shape index (κ1) is 10.2. The van der Waals surface area contributed by atoms with Crippen LogP contribution < -0.4 is 15.4 Å². The predicted molar refractivity (Wildman–Crippen MR) is 56.8 cm³/mol. The van der Waals surface area contributed by atoms with Crippen molar-refractivity contribution < 1.29 is 4.74 Å². The number of aromatic nitrogens is 2. The first-order chi connectivity index (χ1) is 7.29. The van der Waals surface area contributed by atoms with Crippen LogP contribution in [0.15, 0.2) is 6.07 Å². The van der Waals surface area contributed by atoms with E-state index in [1.165, 1.54) is 0 Å². The molecule has 81 valence electrons. The number of piperidine rings is 1. The molecule has 0 bridgehead atoms. The van der Waals surface area contributed by atoms with E-state index in [1.807, 2.05) is 0 Å². The molecule has 1 fully saturated rings. The Morgan fingerprint density at radius 3 is 2.93 bits per heavy atom. The van der Waals surface area contributed by atoms with Crippen molar-refractivity contribution in [3.05, 3.63) is 12.3 Å². The zero-order valence-corrected chi connectivity index (χ0v) is 8.81. The molecule has 5 heteroatoms. The molecule has 0 spiro atoms. The van der Waals surface area contributed by atoms with E-state index in [0.29, 0.717) is 17.9 Å². The molecule has 1 aliphatic rings. The highest BCUT2D eigenvalue weighted by Gasteiger charge is 2.18. The lowest BCUT2D eigenvalue weighted by Crippen LogP contribution is -2.40. The molecule has 15 heavy (non-hydrogen) atoms. The quantitative estimate of drug-likeness (QED) is 0.751. The van der Waals surface area contributed by atoms with Gasteiger partial charge in [-0.1, -0.05) is 0 Å². The second kappa shape index (κ2) is 4.44. The molecule has 1 saturated heterocycles. The highest BCUT2D eigenvalue weighted by atomic mass is 16.5. The lowest BCUT2D eigenvalue weighted by atomic mass is 10.1. The van der Waals surface area contributed by atoms with E-state index in [9.17, 15) is 0 Å². The van der Waals surface area contributed by atoms with Crippen LogP contribution in [-0.4, -0.2) is 36.2 Å². The van der Waals surface area contributed by atoms with Gasteiger partial charge in [0.2, 0.25) is 11.8 Å². The van der Waals surface area contributed by atoms with Gasteiger partial charge in [0.05, 0.1) is 13.3 Å². The monoisotopic (exact) mass is 207 g/mol. The Morgan fingerprint density at radius 2 is 2.27 bits per heavy atom. The van der Waals surface area contributed by atoms with Gasteiger partial charge in [-0.2, -0.15) is 4.98 Å². The van der Waals surface area contributed by atoms with Crippen molar-refractivity contribution >= 4 is 5.95 Å². The van der Waals surface area contributed by atoms with Crippen molar-refractivity contribution in [2.24, 2.45) is 5.73 Å². The van der Waals surface area contributed by atoms with E-state index >= 15 is 0 Å². The molecule has 2 heterocycles. The van der Waals surface area contributed by atoms with Crippen LogP contribution in [0.2, 0.25) is 0 Å². The van der Waals surface area contributed by atoms with Gasteiger partial charge in [0.15, 0.2) is 0 Å². The summed E-state index contributed by atoms with van der Waals surface area (Å²) < 4.78 is 5.03. The minimum atomic E-state index is 0.316. The number of hydrogen-bond donors (Lipinski definition) is 1. The third kappa shape index (κ3) is 2.36. The molecule has 0 amide bonds. The van der Waals surface area contributed by atoms with E-state index < -0.39 is 0 Å². The summed E-state index contributed by atoms with van der Waals surface area (Å²) in [5, 5.41) is 0. The van der Waals surface area contributed by atoms with Crippen molar-refractivity contribution in [1.82, 2.24) is 9.97 Å².